The van der Waals surface area contributed by atoms with Crippen molar-refractivity contribution in [1.29, 1.82) is 0 Å². The molecule has 0 aliphatic heterocycles. The third-order valence-electron chi connectivity index (χ3n) is 4.39. The SMILES string of the molecule is CCNC(=NCC1(O)CCCC1)N(C)Cc1ccc(OC)c(F)c1.I. The van der Waals surface area contributed by atoms with Crippen molar-refractivity contribution in [2.75, 3.05) is 27.2 Å². The molecule has 7 heteroatoms. The first-order valence-corrected chi connectivity index (χ1v) is 8.51. The lowest BCUT2D eigenvalue weighted by Crippen LogP contribution is -2.40. The van der Waals surface area contributed by atoms with Crippen molar-refractivity contribution in [2.24, 2.45) is 4.99 Å². The fourth-order valence-corrected chi connectivity index (χ4v) is 3.04. The van der Waals surface area contributed by atoms with Crippen LogP contribution in [0.25, 0.3) is 0 Å². The van der Waals surface area contributed by atoms with Crippen LogP contribution in [-0.4, -0.2) is 48.8 Å². The van der Waals surface area contributed by atoms with E-state index in [0.717, 1.165) is 37.8 Å². The lowest BCUT2D eigenvalue weighted by molar-refractivity contribution is 0.0572. The number of ether oxygens (including phenoxy) is 1. The summed E-state index contributed by atoms with van der Waals surface area (Å²) in [6, 6.07) is 4.94. The molecule has 0 spiro atoms. The Morgan fingerprint density at radius 1 is 1.40 bits per heavy atom. The van der Waals surface area contributed by atoms with Gasteiger partial charge in [-0.2, -0.15) is 0 Å². The van der Waals surface area contributed by atoms with E-state index < -0.39 is 5.60 Å². The molecule has 0 radical (unpaired) electrons. The van der Waals surface area contributed by atoms with Gasteiger partial charge in [0.05, 0.1) is 19.3 Å². The second-order valence-electron chi connectivity index (χ2n) is 6.43. The van der Waals surface area contributed by atoms with Crippen LogP contribution in [0.3, 0.4) is 0 Å². The second-order valence-corrected chi connectivity index (χ2v) is 6.43. The van der Waals surface area contributed by atoms with Crippen LogP contribution < -0.4 is 10.1 Å². The molecule has 0 unspecified atom stereocenters. The van der Waals surface area contributed by atoms with Crippen molar-refractivity contribution in [1.82, 2.24) is 10.2 Å². The minimum absolute atomic E-state index is 0. The van der Waals surface area contributed by atoms with Crippen molar-refractivity contribution < 1.29 is 14.2 Å². The molecule has 0 amide bonds. The molecule has 1 aromatic carbocycles. The average molecular weight is 465 g/mol. The van der Waals surface area contributed by atoms with Gasteiger partial charge in [-0.1, -0.05) is 18.9 Å². The summed E-state index contributed by atoms with van der Waals surface area (Å²) in [5.74, 6) is 0.588. The van der Waals surface area contributed by atoms with Gasteiger partial charge >= 0.3 is 0 Å². The van der Waals surface area contributed by atoms with Gasteiger partial charge in [0.25, 0.3) is 0 Å². The molecule has 0 heterocycles. The van der Waals surface area contributed by atoms with Gasteiger partial charge in [0.1, 0.15) is 0 Å². The van der Waals surface area contributed by atoms with Crippen LogP contribution in [0.1, 0.15) is 38.2 Å². The highest BCUT2D eigenvalue weighted by Gasteiger charge is 2.30. The Morgan fingerprint density at radius 2 is 2.08 bits per heavy atom. The highest BCUT2D eigenvalue weighted by atomic mass is 127. The van der Waals surface area contributed by atoms with Crippen LogP contribution in [0.4, 0.5) is 4.39 Å². The molecule has 0 aromatic heterocycles. The molecule has 1 fully saturated rings. The van der Waals surface area contributed by atoms with Gasteiger partial charge in [-0.3, -0.25) is 4.99 Å². The van der Waals surface area contributed by atoms with E-state index in [1.165, 1.54) is 13.2 Å². The van der Waals surface area contributed by atoms with Crippen LogP contribution in [0.15, 0.2) is 23.2 Å². The third kappa shape index (κ3) is 6.29. The highest BCUT2D eigenvalue weighted by molar-refractivity contribution is 14.0. The van der Waals surface area contributed by atoms with Crippen molar-refractivity contribution in [3.05, 3.63) is 29.6 Å². The predicted molar refractivity (Wildman–Crippen MR) is 109 cm³/mol. The minimum atomic E-state index is -0.673. The molecule has 25 heavy (non-hydrogen) atoms. The summed E-state index contributed by atoms with van der Waals surface area (Å²) in [5.41, 5.74) is 0.161. The molecule has 0 bridgehead atoms. The summed E-state index contributed by atoms with van der Waals surface area (Å²) in [5, 5.41) is 13.7. The molecule has 0 atom stereocenters. The lowest BCUT2D eigenvalue weighted by atomic mass is 10.0. The van der Waals surface area contributed by atoms with Gasteiger partial charge in [-0.25, -0.2) is 4.39 Å². The predicted octanol–water partition coefficient (Wildman–Crippen LogP) is 3.15. The van der Waals surface area contributed by atoms with Crippen molar-refractivity contribution >= 4 is 29.9 Å². The van der Waals surface area contributed by atoms with Crippen molar-refractivity contribution in [2.45, 2.75) is 44.8 Å². The van der Waals surface area contributed by atoms with Crippen LogP contribution in [-0.2, 0) is 6.54 Å². The molecule has 1 aliphatic rings. The molecule has 1 aromatic rings. The Morgan fingerprint density at radius 3 is 2.64 bits per heavy atom. The van der Waals surface area contributed by atoms with E-state index in [2.05, 4.69) is 10.3 Å². The fourth-order valence-electron chi connectivity index (χ4n) is 3.04. The highest BCUT2D eigenvalue weighted by Crippen LogP contribution is 2.29. The molecule has 1 saturated carbocycles. The van der Waals surface area contributed by atoms with Crippen LogP contribution in [0, 0.1) is 5.82 Å². The Hall–Kier alpha value is -1.09. The Bertz CT molecular complexity index is 577. The zero-order valence-electron chi connectivity index (χ0n) is 15.2. The van der Waals surface area contributed by atoms with E-state index in [4.69, 9.17) is 4.74 Å². The number of hydrogen-bond acceptors (Lipinski definition) is 3. The summed E-state index contributed by atoms with van der Waals surface area (Å²) in [7, 11) is 3.36. The normalized spacial score (nSPS) is 16.3. The monoisotopic (exact) mass is 465 g/mol. The number of rotatable bonds is 6. The van der Waals surface area contributed by atoms with E-state index in [9.17, 15) is 9.50 Å². The largest absolute Gasteiger partial charge is 0.494 e. The summed E-state index contributed by atoms with van der Waals surface area (Å²) in [6.45, 7) is 3.65. The minimum Gasteiger partial charge on any atom is -0.494 e. The van der Waals surface area contributed by atoms with Gasteiger partial charge in [0, 0.05) is 20.1 Å². The zero-order valence-corrected chi connectivity index (χ0v) is 17.5. The summed E-state index contributed by atoms with van der Waals surface area (Å²) in [6.07, 6.45) is 3.74. The van der Waals surface area contributed by atoms with Gasteiger partial charge in [0.15, 0.2) is 17.5 Å². The molecule has 2 rings (SSSR count). The van der Waals surface area contributed by atoms with Crippen molar-refractivity contribution in [3.63, 3.8) is 0 Å². The molecule has 142 valence electrons. The van der Waals surface area contributed by atoms with E-state index in [1.807, 2.05) is 24.9 Å². The standard InChI is InChI=1S/C18H28FN3O2.HI/c1-4-20-17(21-13-18(23)9-5-6-10-18)22(2)12-14-7-8-16(24-3)15(19)11-14;/h7-8,11,23H,4-6,9-10,12-13H2,1-3H3,(H,20,21);1H. The third-order valence-corrected chi connectivity index (χ3v) is 4.39. The van der Waals surface area contributed by atoms with Gasteiger partial charge < -0.3 is 20.1 Å². The molecule has 1 aliphatic carbocycles. The smallest absolute Gasteiger partial charge is 0.194 e. The molecular formula is C18H29FIN3O2. The summed E-state index contributed by atoms with van der Waals surface area (Å²) >= 11 is 0. The summed E-state index contributed by atoms with van der Waals surface area (Å²) < 4.78 is 18.8. The molecule has 0 saturated heterocycles. The zero-order chi connectivity index (χ0) is 17.6. The van der Waals surface area contributed by atoms with Gasteiger partial charge in [-0.15, -0.1) is 24.0 Å². The lowest BCUT2D eigenvalue weighted by Gasteiger charge is -2.25. The van der Waals surface area contributed by atoms with Crippen LogP contribution >= 0.6 is 24.0 Å². The van der Waals surface area contributed by atoms with E-state index in [-0.39, 0.29) is 35.5 Å². The topological polar surface area (TPSA) is 57.1 Å². The number of hydrogen-bond donors (Lipinski definition) is 2. The Kier molecular flexibility index (Phi) is 8.92. The number of aliphatic hydroxyl groups is 1. The fraction of sp³-hybridized carbons (Fsp3) is 0.611. The molecule has 2 N–H and O–H groups in total. The number of guanidine groups is 1. The summed E-state index contributed by atoms with van der Waals surface area (Å²) in [4.78, 5) is 6.52. The average Bonchev–Trinajstić information content (AvgIpc) is 2.98. The molecule has 5 nitrogen and oxygen atoms in total. The van der Waals surface area contributed by atoms with E-state index in [1.54, 1.807) is 6.07 Å². The number of nitrogens with zero attached hydrogens (tertiary/aromatic N) is 2. The maximum absolute atomic E-state index is 13.8. The van der Waals surface area contributed by atoms with E-state index >= 15 is 0 Å². The number of aliphatic imine (C=N–C) groups is 1. The molecular weight excluding hydrogens is 436 g/mol. The maximum atomic E-state index is 13.8. The van der Waals surface area contributed by atoms with E-state index in [0.29, 0.717) is 19.0 Å². The number of halogens is 2. The first-order chi connectivity index (χ1) is 11.5. The number of benzene rings is 1. The number of nitrogens with one attached hydrogen (secondary N) is 1. The van der Waals surface area contributed by atoms with Crippen molar-refractivity contribution in [3.8, 4) is 5.75 Å². The Labute approximate surface area is 166 Å². The number of methoxy groups -OCH3 is 1. The Balaban J connectivity index is 0.00000312. The van der Waals surface area contributed by atoms with Gasteiger partial charge in [0.2, 0.25) is 0 Å². The second kappa shape index (κ2) is 10.2. The maximum Gasteiger partial charge on any atom is 0.194 e. The van der Waals surface area contributed by atoms with Crippen LogP contribution in [0.5, 0.6) is 5.75 Å². The first kappa shape index (κ1) is 22.0. The van der Waals surface area contributed by atoms with Crippen LogP contribution in [0.2, 0.25) is 0 Å². The quantitative estimate of drug-likeness (QED) is 0.385. The first-order valence-electron chi connectivity index (χ1n) is 8.51. The van der Waals surface area contributed by atoms with Gasteiger partial charge in [-0.05, 0) is 37.5 Å².